The van der Waals surface area contributed by atoms with Crippen LogP contribution in [0, 0.1) is 0 Å². The predicted octanol–water partition coefficient (Wildman–Crippen LogP) is 4.74. The standard InChI is InChI=1S/C22H18N6/c1-14(15-5-3-2-4-6-15)27-22-24-12-17-11-16(7-8-19(17)28-22)20-18-9-10-23-21(18)26-13-25-20/h2-14H,1H3,(H,23,25,26)(H,24,27,28). The number of anilines is 1. The van der Waals surface area contributed by atoms with Crippen molar-refractivity contribution >= 4 is 27.9 Å². The number of hydrogen-bond donors (Lipinski definition) is 2. The predicted molar refractivity (Wildman–Crippen MR) is 111 cm³/mol. The molecule has 0 saturated heterocycles. The third kappa shape index (κ3) is 2.95. The third-order valence-corrected chi connectivity index (χ3v) is 4.85. The van der Waals surface area contributed by atoms with Crippen molar-refractivity contribution < 1.29 is 0 Å². The van der Waals surface area contributed by atoms with Gasteiger partial charge in [0.15, 0.2) is 0 Å². The van der Waals surface area contributed by atoms with Gasteiger partial charge in [-0.3, -0.25) is 0 Å². The Morgan fingerprint density at radius 3 is 2.75 bits per heavy atom. The van der Waals surface area contributed by atoms with Gasteiger partial charge in [0.25, 0.3) is 0 Å². The number of aromatic nitrogens is 5. The summed E-state index contributed by atoms with van der Waals surface area (Å²) in [6.45, 7) is 2.10. The lowest BCUT2D eigenvalue weighted by molar-refractivity contribution is 0.864. The van der Waals surface area contributed by atoms with Crippen molar-refractivity contribution in [2.45, 2.75) is 13.0 Å². The van der Waals surface area contributed by atoms with Crippen LogP contribution in [-0.2, 0) is 0 Å². The Morgan fingerprint density at radius 2 is 1.86 bits per heavy atom. The van der Waals surface area contributed by atoms with Crippen LogP contribution >= 0.6 is 0 Å². The average Bonchev–Trinajstić information content (AvgIpc) is 3.23. The molecule has 1 unspecified atom stereocenters. The molecule has 1 atom stereocenters. The van der Waals surface area contributed by atoms with E-state index in [2.05, 4.69) is 55.4 Å². The molecule has 6 nitrogen and oxygen atoms in total. The number of aromatic amines is 1. The van der Waals surface area contributed by atoms with Gasteiger partial charge in [-0.25, -0.2) is 19.9 Å². The second kappa shape index (κ2) is 6.74. The number of rotatable bonds is 4. The van der Waals surface area contributed by atoms with Crippen molar-refractivity contribution in [1.82, 2.24) is 24.9 Å². The van der Waals surface area contributed by atoms with Gasteiger partial charge in [0.05, 0.1) is 17.3 Å². The molecule has 0 saturated carbocycles. The van der Waals surface area contributed by atoms with E-state index >= 15 is 0 Å². The number of hydrogen-bond acceptors (Lipinski definition) is 5. The molecule has 0 aliphatic rings. The molecule has 6 heteroatoms. The average molecular weight is 366 g/mol. The van der Waals surface area contributed by atoms with Crippen molar-refractivity contribution in [3.63, 3.8) is 0 Å². The van der Waals surface area contributed by atoms with Crippen molar-refractivity contribution in [2.24, 2.45) is 0 Å². The van der Waals surface area contributed by atoms with Crippen LogP contribution in [0.2, 0.25) is 0 Å². The van der Waals surface area contributed by atoms with Crippen LogP contribution < -0.4 is 5.32 Å². The molecule has 0 aliphatic heterocycles. The highest BCUT2D eigenvalue weighted by Gasteiger charge is 2.10. The maximum Gasteiger partial charge on any atom is 0.223 e. The Hall–Kier alpha value is -3.80. The van der Waals surface area contributed by atoms with E-state index in [0.717, 1.165) is 33.2 Å². The van der Waals surface area contributed by atoms with Crippen LogP contribution in [0.1, 0.15) is 18.5 Å². The number of nitrogens with zero attached hydrogens (tertiary/aromatic N) is 4. The molecule has 5 rings (SSSR count). The number of fused-ring (bicyclic) bond motifs is 2. The lowest BCUT2D eigenvalue weighted by atomic mass is 10.1. The van der Waals surface area contributed by atoms with Crippen molar-refractivity contribution in [1.29, 1.82) is 0 Å². The lowest BCUT2D eigenvalue weighted by Crippen LogP contribution is -2.09. The minimum atomic E-state index is 0.126. The zero-order chi connectivity index (χ0) is 18.9. The van der Waals surface area contributed by atoms with Gasteiger partial charge in [0.1, 0.15) is 12.0 Å². The first-order chi connectivity index (χ1) is 13.8. The van der Waals surface area contributed by atoms with Crippen LogP contribution in [0.15, 0.2) is 73.3 Å². The quantitative estimate of drug-likeness (QED) is 0.480. The smallest absolute Gasteiger partial charge is 0.223 e. The molecule has 0 aliphatic carbocycles. The van der Waals surface area contributed by atoms with Crippen molar-refractivity contribution in [3.05, 3.63) is 78.9 Å². The van der Waals surface area contributed by atoms with Gasteiger partial charge in [-0.1, -0.05) is 36.4 Å². The summed E-state index contributed by atoms with van der Waals surface area (Å²) in [4.78, 5) is 21.0. The van der Waals surface area contributed by atoms with E-state index in [1.165, 1.54) is 5.56 Å². The van der Waals surface area contributed by atoms with E-state index in [1.807, 2.05) is 48.8 Å². The second-order valence-electron chi connectivity index (χ2n) is 6.71. The highest BCUT2D eigenvalue weighted by molar-refractivity contribution is 5.93. The summed E-state index contributed by atoms with van der Waals surface area (Å²) >= 11 is 0. The molecule has 2 N–H and O–H groups in total. The Kier molecular flexibility index (Phi) is 3.94. The fourth-order valence-corrected chi connectivity index (χ4v) is 3.37. The molecule has 0 spiro atoms. The molecule has 28 heavy (non-hydrogen) atoms. The first-order valence-electron chi connectivity index (χ1n) is 9.15. The number of benzene rings is 2. The van der Waals surface area contributed by atoms with E-state index in [1.54, 1.807) is 6.33 Å². The topological polar surface area (TPSA) is 79.4 Å². The second-order valence-corrected chi connectivity index (χ2v) is 6.71. The molecule has 3 aromatic heterocycles. The molecule has 136 valence electrons. The third-order valence-electron chi connectivity index (χ3n) is 4.85. The minimum Gasteiger partial charge on any atom is -0.348 e. The normalized spacial score (nSPS) is 12.3. The van der Waals surface area contributed by atoms with Crippen LogP contribution in [0.4, 0.5) is 5.95 Å². The van der Waals surface area contributed by atoms with E-state index < -0.39 is 0 Å². The molecule has 3 heterocycles. The Morgan fingerprint density at radius 1 is 0.964 bits per heavy atom. The molecule has 5 aromatic rings. The SMILES string of the molecule is CC(Nc1ncc2cc(-c3ncnc4[nH]ccc34)ccc2n1)c1ccccc1. The van der Waals surface area contributed by atoms with Crippen LogP contribution in [0.25, 0.3) is 33.2 Å². The van der Waals surface area contributed by atoms with Crippen molar-refractivity contribution in [2.75, 3.05) is 5.32 Å². The number of H-pyrrole nitrogens is 1. The molecular weight excluding hydrogens is 348 g/mol. The van der Waals surface area contributed by atoms with Gasteiger partial charge in [0, 0.05) is 28.7 Å². The highest BCUT2D eigenvalue weighted by Crippen LogP contribution is 2.27. The maximum absolute atomic E-state index is 4.67. The van der Waals surface area contributed by atoms with E-state index in [9.17, 15) is 0 Å². The zero-order valence-electron chi connectivity index (χ0n) is 15.3. The molecule has 0 fully saturated rings. The minimum absolute atomic E-state index is 0.126. The summed E-state index contributed by atoms with van der Waals surface area (Å²) in [5.41, 5.74) is 4.83. The van der Waals surface area contributed by atoms with E-state index in [0.29, 0.717) is 5.95 Å². The Bertz CT molecular complexity index is 1260. The van der Waals surface area contributed by atoms with E-state index in [4.69, 9.17) is 0 Å². The summed E-state index contributed by atoms with van der Waals surface area (Å²) < 4.78 is 0. The van der Waals surface area contributed by atoms with Gasteiger partial charge in [0.2, 0.25) is 5.95 Å². The number of nitrogens with one attached hydrogen (secondary N) is 2. The molecule has 2 aromatic carbocycles. The molecule has 0 radical (unpaired) electrons. The molecule has 0 bridgehead atoms. The summed E-state index contributed by atoms with van der Waals surface area (Å²) in [5.74, 6) is 0.617. The van der Waals surface area contributed by atoms with Gasteiger partial charge in [-0.15, -0.1) is 0 Å². The van der Waals surface area contributed by atoms with E-state index in [-0.39, 0.29) is 6.04 Å². The highest BCUT2D eigenvalue weighted by atomic mass is 15.1. The molecular formula is C22H18N6. The lowest BCUT2D eigenvalue weighted by Gasteiger charge is -2.14. The Balaban J connectivity index is 1.47. The summed E-state index contributed by atoms with van der Waals surface area (Å²) in [5, 5.41) is 5.34. The van der Waals surface area contributed by atoms with Gasteiger partial charge < -0.3 is 10.3 Å². The van der Waals surface area contributed by atoms with Crippen LogP contribution in [-0.4, -0.2) is 24.9 Å². The van der Waals surface area contributed by atoms with Gasteiger partial charge >= 0.3 is 0 Å². The first-order valence-corrected chi connectivity index (χ1v) is 9.15. The van der Waals surface area contributed by atoms with Crippen LogP contribution in [0.5, 0.6) is 0 Å². The van der Waals surface area contributed by atoms with Crippen molar-refractivity contribution in [3.8, 4) is 11.3 Å². The monoisotopic (exact) mass is 366 g/mol. The Labute approximate surface area is 161 Å². The first kappa shape index (κ1) is 16.4. The fraction of sp³-hybridized carbons (Fsp3) is 0.0909. The van der Waals surface area contributed by atoms with Gasteiger partial charge in [-0.05, 0) is 30.7 Å². The summed E-state index contributed by atoms with van der Waals surface area (Å²) in [6, 6.07) is 18.5. The zero-order valence-corrected chi connectivity index (χ0v) is 15.3. The summed E-state index contributed by atoms with van der Waals surface area (Å²) in [6.07, 6.45) is 5.30. The summed E-state index contributed by atoms with van der Waals surface area (Å²) in [7, 11) is 0. The molecule has 0 amide bonds. The maximum atomic E-state index is 4.67. The fourth-order valence-electron chi connectivity index (χ4n) is 3.37. The van der Waals surface area contributed by atoms with Crippen LogP contribution in [0.3, 0.4) is 0 Å². The largest absolute Gasteiger partial charge is 0.348 e. The van der Waals surface area contributed by atoms with Gasteiger partial charge in [-0.2, -0.15) is 0 Å².